The minimum absolute atomic E-state index is 0.135. The first kappa shape index (κ1) is 24.7. The summed E-state index contributed by atoms with van der Waals surface area (Å²) in [5, 5.41) is 0. The zero-order valence-corrected chi connectivity index (χ0v) is 22.8. The van der Waals surface area contributed by atoms with Gasteiger partial charge < -0.3 is 19.1 Å². The van der Waals surface area contributed by atoms with Crippen molar-refractivity contribution >= 4 is 28.0 Å². The van der Waals surface area contributed by atoms with Gasteiger partial charge in [0.2, 0.25) is 5.95 Å². The van der Waals surface area contributed by atoms with Crippen LogP contribution < -0.4 is 9.64 Å². The first-order valence-corrected chi connectivity index (χ1v) is 14.2. The highest BCUT2D eigenvalue weighted by atomic mass is 16.5. The van der Waals surface area contributed by atoms with E-state index in [1.165, 1.54) is 0 Å². The average molecular weight is 533 g/mol. The summed E-state index contributed by atoms with van der Waals surface area (Å²) in [5.41, 5.74) is 3.43. The Balaban J connectivity index is 1.22. The molecule has 0 saturated carbocycles. The minimum Gasteiger partial charge on any atom is -0.461 e. The topological polar surface area (TPSA) is 95.6 Å². The molecule has 3 aliphatic heterocycles. The molecule has 7 rings (SSSR count). The Kier molecular flexibility index (Phi) is 6.57. The number of imidazole rings is 2. The Morgan fingerprint density at radius 2 is 1.59 bits per heavy atom. The summed E-state index contributed by atoms with van der Waals surface area (Å²) in [6, 6.07) is 9.34. The quantitative estimate of drug-likeness (QED) is 0.384. The Morgan fingerprint density at radius 3 is 2.38 bits per heavy atom. The number of nitrogens with zero attached hydrogens (tertiary/aromatic N) is 8. The van der Waals surface area contributed by atoms with Gasteiger partial charge in [-0.3, -0.25) is 14.0 Å². The highest BCUT2D eigenvalue weighted by molar-refractivity contribution is 5.86. The Hall–Kier alpha value is -3.28. The summed E-state index contributed by atoms with van der Waals surface area (Å²) in [7, 11) is 1.99. The van der Waals surface area contributed by atoms with Crippen molar-refractivity contribution in [1.29, 1.82) is 0 Å². The molecule has 0 aliphatic carbocycles. The lowest BCUT2D eigenvalue weighted by Crippen LogP contribution is -2.46. The van der Waals surface area contributed by atoms with Crippen molar-refractivity contribution in [2.45, 2.75) is 44.8 Å². The molecule has 206 valence electrons. The van der Waals surface area contributed by atoms with E-state index >= 15 is 0 Å². The first-order chi connectivity index (χ1) is 19.2. The lowest BCUT2D eigenvalue weighted by molar-refractivity contribution is 0.00836. The van der Waals surface area contributed by atoms with Crippen LogP contribution in [-0.2, 0) is 16.5 Å². The van der Waals surface area contributed by atoms with E-state index in [1.54, 1.807) is 0 Å². The molecule has 3 saturated heterocycles. The van der Waals surface area contributed by atoms with Crippen molar-refractivity contribution in [3.8, 4) is 12.0 Å². The second-order valence-corrected chi connectivity index (χ2v) is 10.8. The molecule has 0 spiro atoms. The predicted molar refractivity (Wildman–Crippen MR) is 148 cm³/mol. The van der Waals surface area contributed by atoms with E-state index in [1.807, 2.05) is 41.3 Å². The molecule has 0 N–H and O–H groups in total. The van der Waals surface area contributed by atoms with Gasteiger partial charge >= 0.3 is 0 Å². The molecule has 0 bridgehead atoms. The van der Waals surface area contributed by atoms with E-state index in [4.69, 9.17) is 34.1 Å². The molecule has 3 aromatic heterocycles. The van der Waals surface area contributed by atoms with Crippen molar-refractivity contribution < 1.29 is 14.2 Å². The Morgan fingerprint density at radius 1 is 0.846 bits per heavy atom. The molecule has 11 nitrogen and oxygen atoms in total. The smallest absolute Gasteiger partial charge is 0.298 e. The van der Waals surface area contributed by atoms with Crippen LogP contribution in [0.4, 0.5) is 5.82 Å². The molecule has 11 heteroatoms. The summed E-state index contributed by atoms with van der Waals surface area (Å²) in [4.78, 5) is 24.7. The third kappa shape index (κ3) is 4.62. The average Bonchev–Trinajstić information content (AvgIpc) is 3.49. The maximum absolute atomic E-state index is 6.54. The fourth-order valence-electron chi connectivity index (χ4n) is 6.17. The molecule has 0 radical (unpaired) electrons. The van der Waals surface area contributed by atoms with Crippen LogP contribution in [0.5, 0.6) is 6.01 Å². The van der Waals surface area contributed by atoms with Gasteiger partial charge in [-0.2, -0.15) is 15.0 Å². The molecular formula is C28H36N8O3. The van der Waals surface area contributed by atoms with E-state index in [-0.39, 0.29) is 6.10 Å². The molecule has 6 heterocycles. The molecule has 39 heavy (non-hydrogen) atoms. The van der Waals surface area contributed by atoms with Gasteiger partial charge in [0.25, 0.3) is 6.01 Å². The van der Waals surface area contributed by atoms with Crippen LogP contribution in [0.1, 0.15) is 31.5 Å². The molecule has 4 aromatic rings. The van der Waals surface area contributed by atoms with Gasteiger partial charge in [0, 0.05) is 52.5 Å². The molecule has 3 fully saturated rings. The number of para-hydroxylation sites is 2. The van der Waals surface area contributed by atoms with E-state index in [9.17, 15) is 0 Å². The first-order valence-electron chi connectivity index (χ1n) is 14.2. The van der Waals surface area contributed by atoms with Crippen LogP contribution in [0.15, 0.2) is 24.3 Å². The number of aryl methyl sites for hydroxylation is 2. The number of hydrogen-bond donors (Lipinski definition) is 0. The van der Waals surface area contributed by atoms with Crippen LogP contribution in [0, 0.1) is 6.92 Å². The standard InChI is InChI=1S/C28H36N8O3/c1-19-29-22-5-3-4-6-23(22)36(19)27-31-25-24(26(32-27)35-13-17-38-18-14-35)30-28(33(25)2)39-21-7-11-34(12-8-21)20-9-15-37-16-10-20/h3-6,20-21H,7-18H2,1-2H3. The summed E-state index contributed by atoms with van der Waals surface area (Å²) in [6.45, 7) is 8.69. The molecule has 3 aliphatic rings. The van der Waals surface area contributed by atoms with Crippen molar-refractivity contribution in [3.05, 3.63) is 30.1 Å². The van der Waals surface area contributed by atoms with Crippen LogP contribution >= 0.6 is 0 Å². The van der Waals surface area contributed by atoms with Crippen LogP contribution in [-0.4, -0.2) is 98.7 Å². The lowest BCUT2D eigenvalue weighted by atomic mass is 10.0. The van der Waals surface area contributed by atoms with E-state index in [0.29, 0.717) is 31.2 Å². The number of aromatic nitrogens is 6. The zero-order chi connectivity index (χ0) is 26.3. The van der Waals surface area contributed by atoms with Crippen molar-refractivity contribution in [2.75, 3.05) is 57.5 Å². The third-order valence-corrected chi connectivity index (χ3v) is 8.34. The maximum Gasteiger partial charge on any atom is 0.298 e. The summed E-state index contributed by atoms with van der Waals surface area (Å²) in [5.74, 6) is 2.25. The maximum atomic E-state index is 6.54. The highest BCUT2D eigenvalue weighted by Gasteiger charge is 2.29. The van der Waals surface area contributed by atoms with Crippen molar-refractivity contribution in [1.82, 2.24) is 34.0 Å². The number of morpholine rings is 1. The highest BCUT2D eigenvalue weighted by Crippen LogP contribution is 2.31. The summed E-state index contributed by atoms with van der Waals surface area (Å²) < 4.78 is 21.7. The molecule has 0 amide bonds. The normalized spacial score (nSPS) is 20.3. The Labute approximate surface area is 227 Å². The molecular weight excluding hydrogens is 496 g/mol. The number of hydrogen-bond acceptors (Lipinski definition) is 9. The largest absolute Gasteiger partial charge is 0.461 e. The van der Waals surface area contributed by atoms with Crippen LogP contribution in [0.25, 0.3) is 28.1 Å². The second-order valence-electron chi connectivity index (χ2n) is 10.8. The lowest BCUT2D eigenvalue weighted by Gasteiger charge is -2.38. The second kappa shape index (κ2) is 10.4. The number of benzene rings is 1. The molecule has 0 unspecified atom stereocenters. The third-order valence-electron chi connectivity index (χ3n) is 8.34. The van der Waals surface area contributed by atoms with Crippen molar-refractivity contribution in [2.24, 2.45) is 7.05 Å². The summed E-state index contributed by atoms with van der Waals surface area (Å²) in [6.07, 6.45) is 4.39. The number of anilines is 1. The van der Waals surface area contributed by atoms with E-state index < -0.39 is 0 Å². The van der Waals surface area contributed by atoms with Gasteiger partial charge in [-0.1, -0.05) is 12.1 Å². The SMILES string of the molecule is Cc1nc2ccccc2n1-c1nc(N2CCOCC2)c2nc(OC3CCN(C4CCOCC4)CC3)n(C)c2n1. The van der Waals surface area contributed by atoms with Gasteiger partial charge in [0.15, 0.2) is 17.0 Å². The number of likely N-dealkylation sites (tertiary alicyclic amines) is 1. The fourth-order valence-corrected chi connectivity index (χ4v) is 6.17. The van der Waals surface area contributed by atoms with Gasteiger partial charge in [-0.15, -0.1) is 0 Å². The van der Waals surface area contributed by atoms with Crippen LogP contribution in [0.2, 0.25) is 0 Å². The summed E-state index contributed by atoms with van der Waals surface area (Å²) >= 11 is 0. The number of ether oxygens (including phenoxy) is 3. The Bertz CT molecular complexity index is 1460. The molecule has 0 atom stereocenters. The van der Waals surface area contributed by atoms with E-state index in [2.05, 4.69) is 15.9 Å². The van der Waals surface area contributed by atoms with Gasteiger partial charge in [0.1, 0.15) is 11.9 Å². The number of rotatable bonds is 5. The fraction of sp³-hybridized carbons (Fsp3) is 0.571. The van der Waals surface area contributed by atoms with Crippen LogP contribution in [0.3, 0.4) is 0 Å². The minimum atomic E-state index is 0.135. The van der Waals surface area contributed by atoms with Crippen molar-refractivity contribution in [3.63, 3.8) is 0 Å². The van der Waals surface area contributed by atoms with E-state index in [0.717, 1.165) is 98.9 Å². The molecule has 1 aromatic carbocycles. The predicted octanol–water partition coefficient (Wildman–Crippen LogP) is 2.87. The zero-order valence-electron chi connectivity index (χ0n) is 22.8. The van der Waals surface area contributed by atoms with Gasteiger partial charge in [-0.05, 0) is 44.7 Å². The van der Waals surface area contributed by atoms with Gasteiger partial charge in [0.05, 0.1) is 24.2 Å². The number of fused-ring (bicyclic) bond motifs is 2. The number of piperidine rings is 1. The monoisotopic (exact) mass is 532 g/mol. The van der Waals surface area contributed by atoms with Gasteiger partial charge in [-0.25, -0.2) is 4.98 Å².